The van der Waals surface area contributed by atoms with Gasteiger partial charge in [0.2, 0.25) is 5.91 Å². The van der Waals surface area contributed by atoms with E-state index >= 15 is 0 Å². The number of carbonyl (C=O) groups is 1. The maximum Gasteiger partial charge on any atom is 0.248 e. The van der Waals surface area contributed by atoms with Crippen LogP contribution in [-0.2, 0) is 11.2 Å². The van der Waals surface area contributed by atoms with Crippen LogP contribution in [0.2, 0.25) is 0 Å². The number of aromatic nitrogens is 1. The normalized spacial score (nSPS) is 11.3. The average molecular weight is 400 g/mol. The summed E-state index contributed by atoms with van der Waals surface area (Å²) >= 11 is 0. The third-order valence-corrected chi connectivity index (χ3v) is 5.22. The minimum atomic E-state index is -0.218. The molecular weight excluding hydrogens is 376 g/mol. The van der Waals surface area contributed by atoms with Crippen molar-refractivity contribution >= 4 is 39.5 Å². The van der Waals surface area contributed by atoms with Gasteiger partial charge >= 0.3 is 0 Å². The van der Waals surface area contributed by atoms with Crippen molar-refractivity contribution < 1.29 is 14.3 Å². The lowest BCUT2D eigenvalue weighted by molar-refractivity contribution is -0.111. The van der Waals surface area contributed by atoms with E-state index in [4.69, 9.17) is 9.47 Å². The lowest BCUT2D eigenvalue weighted by Crippen LogP contribution is -2.07. The number of amides is 1. The van der Waals surface area contributed by atoms with Gasteiger partial charge in [0.15, 0.2) is 0 Å². The molecule has 0 saturated heterocycles. The Morgan fingerprint density at radius 3 is 2.67 bits per heavy atom. The Labute approximate surface area is 175 Å². The highest BCUT2D eigenvalue weighted by atomic mass is 16.5. The van der Waals surface area contributed by atoms with E-state index < -0.39 is 0 Å². The smallest absolute Gasteiger partial charge is 0.248 e. The summed E-state index contributed by atoms with van der Waals surface area (Å²) in [6.45, 7) is 2.15. The fourth-order valence-corrected chi connectivity index (χ4v) is 3.68. The number of benzene rings is 3. The molecule has 0 radical (unpaired) electrons. The first-order valence-electron chi connectivity index (χ1n) is 9.87. The third-order valence-electron chi connectivity index (χ3n) is 5.22. The highest BCUT2D eigenvalue weighted by molar-refractivity contribution is 6.10. The van der Waals surface area contributed by atoms with Crippen LogP contribution in [0.15, 0.2) is 60.7 Å². The molecule has 0 atom stereocenters. The van der Waals surface area contributed by atoms with Crippen molar-refractivity contribution in [2.24, 2.45) is 0 Å². The second-order valence-corrected chi connectivity index (χ2v) is 7.01. The van der Waals surface area contributed by atoms with E-state index in [2.05, 4.69) is 35.4 Å². The highest BCUT2D eigenvalue weighted by Gasteiger charge is 2.09. The zero-order chi connectivity index (χ0) is 21.1. The van der Waals surface area contributed by atoms with Crippen LogP contribution < -0.4 is 14.8 Å². The Hall–Kier alpha value is -3.73. The van der Waals surface area contributed by atoms with Crippen LogP contribution >= 0.6 is 0 Å². The molecule has 0 aliphatic carbocycles. The molecule has 2 N–H and O–H groups in total. The molecular formula is C25H24N2O3. The summed E-state index contributed by atoms with van der Waals surface area (Å²) in [6.07, 6.45) is 4.17. The lowest BCUT2D eigenvalue weighted by atomic mass is 10.1. The number of nitrogens with one attached hydrogen (secondary N) is 2. The number of anilines is 1. The molecule has 152 valence electrons. The summed E-state index contributed by atoms with van der Waals surface area (Å²) in [4.78, 5) is 16.0. The van der Waals surface area contributed by atoms with Crippen LogP contribution in [0.1, 0.15) is 18.1 Å². The summed E-state index contributed by atoms with van der Waals surface area (Å²) in [6, 6.07) is 17.7. The van der Waals surface area contributed by atoms with Gasteiger partial charge in [0.25, 0.3) is 0 Å². The van der Waals surface area contributed by atoms with Gasteiger partial charge in [-0.3, -0.25) is 4.79 Å². The van der Waals surface area contributed by atoms with Gasteiger partial charge in [0.1, 0.15) is 11.5 Å². The zero-order valence-corrected chi connectivity index (χ0v) is 17.3. The Kier molecular flexibility index (Phi) is 5.44. The van der Waals surface area contributed by atoms with Crippen molar-refractivity contribution in [2.45, 2.75) is 13.3 Å². The molecule has 1 aromatic heterocycles. The van der Waals surface area contributed by atoms with Gasteiger partial charge in [-0.2, -0.15) is 0 Å². The molecule has 0 bridgehead atoms. The maximum atomic E-state index is 12.5. The van der Waals surface area contributed by atoms with Gasteiger partial charge in [0.05, 0.1) is 14.2 Å². The summed E-state index contributed by atoms with van der Waals surface area (Å²) in [5.74, 6) is 1.15. The predicted octanol–water partition coefficient (Wildman–Crippen LogP) is 5.55. The van der Waals surface area contributed by atoms with E-state index in [0.717, 1.165) is 34.1 Å². The van der Waals surface area contributed by atoms with Crippen LogP contribution in [-0.4, -0.2) is 25.1 Å². The monoisotopic (exact) mass is 400 g/mol. The minimum absolute atomic E-state index is 0.218. The second kappa shape index (κ2) is 8.33. The lowest BCUT2D eigenvalue weighted by Gasteiger charge is -2.07. The van der Waals surface area contributed by atoms with Gasteiger partial charge in [-0.15, -0.1) is 0 Å². The predicted molar refractivity (Wildman–Crippen MR) is 122 cm³/mol. The molecule has 0 aliphatic heterocycles. The molecule has 4 aromatic rings. The molecule has 4 rings (SSSR count). The van der Waals surface area contributed by atoms with Crippen LogP contribution in [0.4, 0.5) is 5.69 Å². The molecule has 0 saturated carbocycles. The minimum Gasteiger partial charge on any atom is -0.497 e. The third kappa shape index (κ3) is 3.74. The summed E-state index contributed by atoms with van der Waals surface area (Å²) in [5.41, 5.74) is 4.94. The van der Waals surface area contributed by atoms with Crippen LogP contribution in [0.3, 0.4) is 0 Å². The van der Waals surface area contributed by atoms with Gasteiger partial charge in [-0.05, 0) is 48.4 Å². The fraction of sp³-hybridized carbons (Fsp3) is 0.160. The van der Waals surface area contributed by atoms with Crippen molar-refractivity contribution in [1.82, 2.24) is 4.98 Å². The number of H-pyrrole nitrogens is 1. The second-order valence-electron chi connectivity index (χ2n) is 7.01. The summed E-state index contributed by atoms with van der Waals surface area (Å²) in [7, 11) is 3.20. The number of methoxy groups -OCH3 is 2. The Balaban J connectivity index is 1.57. The van der Waals surface area contributed by atoms with Gasteiger partial charge in [-0.1, -0.05) is 31.2 Å². The molecule has 5 heteroatoms. The fourth-order valence-electron chi connectivity index (χ4n) is 3.68. The molecule has 0 aliphatic rings. The van der Waals surface area contributed by atoms with Crippen LogP contribution in [0.25, 0.3) is 27.9 Å². The van der Waals surface area contributed by atoms with E-state index in [9.17, 15) is 4.79 Å². The first-order chi connectivity index (χ1) is 14.6. The average Bonchev–Trinajstić information content (AvgIpc) is 3.15. The molecule has 1 amide bonds. The van der Waals surface area contributed by atoms with Crippen molar-refractivity contribution in [3.8, 4) is 11.5 Å². The van der Waals surface area contributed by atoms with E-state index in [1.165, 1.54) is 17.0 Å². The number of fused-ring (bicyclic) bond motifs is 3. The Morgan fingerprint density at radius 2 is 1.90 bits per heavy atom. The van der Waals surface area contributed by atoms with Crippen LogP contribution in [0, 0.1) is 0 Å². The number of carbonyl (C=O) groups excluding carboxylic acids is 1. The van der Waals surface area contributed by atoms with Crippen molar-refractivity contribution in [1.29, 1.82) is 0 Å². The Bertz CT molecular complexity index is 1250. The summed E-state index contributed by atoms with van der Waals surface area (Å²) < 4.78 is 10.6. The molecule has 5 nitrogen and oxygen atoms in total. The molecule has 0 fully saturated rings. The number of rotatable bonds is 6. The SMILES string of the molecule is CCc1cccc2c1[nH]c1cc(NC(=O)/C=C/c3cc(OC)ccc3OC)ccc12. The van der Waals surface area contributed by atoms with Crippen molar-refractivity contribution in [3.63, 3.8) is 0 Å². The molecule has 3 aromatic carbocycles. The standard InChI is InChI=1S/C25H24N2O3/c1-4-16-6-5-7-21-20-11-9-18(15-22(20)27-25(16)21)26-24(28)13-8-17-14-19(29-2)10-12-23(17)30-3/h5-15,27H,4H2,1-3H3,(H,26,28)/b13-8+. The van der Waals surface area contributed by atoms with Crippen molar-refractivity contribution in [2.75, 3.05) is 19.5 Å². The van der Waals surface area contributed by atoms with Crippen LogP contribution in [0.5, 0.6) is 11.5 Å². The molecule has 0 unspecified atom stereocenters. The number of ether oxygens (including phenoxy) is 2. The Morgan fingerprint density at radius 1 is 1.03 bits per heavy atom. The highest BCUT2D eigenvalue weighted by Crippen LogP contribution is 2.30. The topological polar surface area (TPSA) is 63.4 Å². The number of aryl methyl sites for hydroxylation is 1. The maximum absolute atomic E-state index is 12.5. The largest absolute Gasteiger partial charge is 0.497 e. The first-order valence-corrected chi connectivity index (χ1v) is 9.87. The van der Waals surface area contributed by atoms with Crippen molar-refractivity contribution in [3.05, 3.63) is 71.8 Å². The molecule has 0 spiro atoms. The number of hydrogen-bond acceptors (Lipinski definition) is 3. The van der Waals surface area contributed by atoms with E-state index in [1.807, 2.05) is 36.4 Å². The zero-order valence-electron chi connectivity index (χ0n) is 17.3. The quantitative estimate of drug-likeness (QED) is 0.417. The van der Waals surface area contributed by atoms with Gasteiger partial charge in [-0.25, -0.2) is 0 Å². The number of para-hydroxylation sites is 1. The molecule has 30 heavy (non-hydrogen) atoms. The first kappa shape index (κ1) is 19.6. The summed E-state index contributed by atoms with van der Waals surface area (Å²) in [5, 5.41) is 5.27. The number of aromatic amines is 1. The van der Waals surface area contributed by atoms with E-state index in [-0.39, 0.29) is 5.91 Å². The van der Waals surface area contributed by atoms with E-state index in [0.29, 0.717) is 11.5 Å². The van der Waals surface area contributed by atoms with Gasteiger partial charge in [0, 0.05) is 39.1 Å². The van der Waals surface area contributed by atoms with E-state index in [1.54, 1.807) is 20.3 Å². The molecule has 1 heterocycles. The van der Waals surface area contributed by atoms with Gasteiger partial charge < -0.3 is 19.8 Å². The number of hydrogen-bond donors (Lipinski definition) is 2.